The van der Waals surface area contributed by atoms with Crippen LogP contribution in [0.1, 0.15) is 22.8 Å². The van der Waals surface area contributed by atoms with Crippen molar-refractivity contribution in [1.82, 2.24) is 16.2 Å². The average molecular weight is 593 g/mol. The van der Waals surface area contributed by atoms with Crippen molar-refractivity contribution < 1.29 is 19.1 Å². The summed E-state index contributed by atoms with van der Waals surface area (Å²) in [6.07, 6.45) is -0.0276. The molecule has 2 amide bonds. The molecule has 0 spiro atoms. The van der Waals surface area contributed by atoms with E-state index in [2.05, 4.69) is 32.1 Å². The van der Waals surface area contributed by atoms with Crippen LogP contribution in [0, 0.1) is 0 Å². The minimum atomic E-state index is -0.799. The Hall–Kier alpha value is -3.95. The summed E-state index contributed by atoms with van der Waals surface area (Å²) < 4.78 is 12.2. The van der Waals surface area contributed by atoms with Gasteiger partial charge >= 0.3 is 0 Å². The van der Waals surface area contributed by atoms with E-state index in [-0.39, 0.29) is 5.11 Å². The van der Waals surface area contributed by atoms with Gasteiger partial charge in [-0.3, -0.25) is 25.8 Å². The largest absolute Gasteiger partial charge is 0.492 e. The Morgan fingerprint density at radius 3 is 2.39 bits per heavy atom. The molecule has 4 aromatic rings. The number of halogens is 1. The monoisotopic (exact) mass is 591 g/mol. The lowest BCUT2D eigenvalue weighted by molar-refractivity contribution is -0.127. The van der Waals surface area contributed by atoms with Gasteiger partial charge in [-0.1, -0.05) is 60.7 Å². The van der Waals surface area contributed by atoms with Crippen LogP contribution in [0.5, 0.6) is 11.5 Å². The number of amides is 2. The molecule has 3 N–H and O–H groups in total. The summed E-state index contributed by atoms with van der Waals surface area (Å²) in [5.41, 5.74) is 6.54. The molecule has 0 radical (unpaired) electrons. The van der Waals surface area contributed by atoms with Crippen molar-refractivity contribution >= 4 is 55.8 Å². The Bertz CT molecular complexity index is 1450. The van der Waals surface area contributed by atoms with Crippen molar-refractivity contribution in [3.8, 4) is 11.5 Å². The van der Waals surface area contributed by atoms with Crippen molar-refractivity contribution in [3.05, 3.63) is 107 Å². The van der Waals surface area contributed by atoms with Crippen LogP contribution in [-0.4, -0.2) is 29.6 Å². The molecule has 0 aliphatic rings. The van der Waals surface area contributed by atoms with Crippen molar-refractivity contribution in [3.63, 3.8) is 0 Å². The second-order valence-corrected chi connectivity index (χ2v) is 9.66. The van der Waals surface area contributed by atoms with E-state index in [4.69, 9.17) is 21.7 Å². The number of benzene rings is 4. The van der Waals surface area contributed by atoms with Gasteiger partial charge in [0.25, 0.3) is 11.8 Å². The van der Waals surface area contributed by atoms with Crippen LogP contribution in [0.25, 0.3) is 10.8 Å². The summed E-state index contributed by atoms with van der Waals surface area (Å²) in [6, 6.07) is 28.5. The maximum absolute atomic E-state index is 12.6. The fourth-order valence-electron chi connectivity index (χ4n) is 3.61. The van der Waals surface area contributed by atoms with Crippen LogP contribution in [0.15, 0.2) is 95.5 Å². The van der Waals surface area contributed by atoms with Crippen LogP contribution >= 0.6 is 28.1 Å². The van der Waals surface area contributed by atoms with Gasteiger partial charge in [0.1, 0.15) is 11.5 Å². The number of carbonyl (C=O) groups excluding carboxylic acids is 2. The number of rotatable bonds is 8. The molecular formula is C29H26BrN3O4S. The number of thiocarbonyl (C=S) groups is 1. The van der Waals surface area contributed by atoms with Gasteiger partial charge in [-0.2, -0.15) is 0 Å². The van der Waals surface area contributed by atoms with Gasteiger partial charge in [-0.25, -0.2) is 0 Å². The Labute approximate surface area is 234 Å². The maximum Gasteiger partial charge on any atom is 0.279 e. The van der Waals surface area contributed by atoms with E-state index in [1.165, 1.54) is 5.56 Å². The molecule has 194 valence electrons. The Balaban J connectivity index is 1.22. The van der Waals surface area contributed by atoms with Gasteiger partial charge in [0.2, 0.25) is 0 Å². The molecule has 0 bridgehead atoms. The van der Waals surface area contributed by atoms with E-state index in [9.17, 15) is 9.59 Å². The molecular weight excluding hydrogens is 566 g/mol. The number of fused-ring (bicyclic) bond motifs is 1. The van der Waals surface area contributed by atoms with E-state index in [0.717, 1.165) is 17.2 Å². The quantitative estimate of drug-likeness (QED) is 0.190. The number of ether oxygens (including phenoxy) is 2. The summed E-state index contributed by atoms with van der Waals surface area (Å²) in [5.74, 6) is 0.314. The van der Waals surface area contributed by atoms with E-state index < -0.39 is 17.9 Å². The van der Waals surface area contributed by atoms with Crippen LogP contribution < -0.4 is 25.6 Å². The number of hydrazine groups is 1. The maximum atomic E-state index is 12.6. The van der Waals surface area contributed by atoms with Crippen molar-refractivity contribution in [2.75, 3.05) is 6.61 Å². The van der Waals surface area contributed by atoms with E-state index in [1.807, 2.05) is 72.8 Å². The predicted molar refractivity (Wildman–Crippen MR) is 155 cm³/mol. The molecule has 0 aliphatic heterocycles. The van der Waals surface area contributed by atoms with Crippen molar-refractivity contribution in [2.24, 2.45) is 0 Å². The Morgan fingerprint density at radius 2 is 1.63 bits per heavy atom. The summed E-state index contributed by atoms with van der Waals surface area (Å²) in [7, 11) is 0. The molecule has 1 unspecified atom stereocenters. The highest BCUT2D eigenvalue weighted by Gasteiger charge is 2.16. The van der Waals surface area contributed by atoms with Crippen molar-refractivity contribution in [1.29, 1.82) is 0 Å². The van der Waals surface area contributed by atoms with Gasteiger partial charge in [0.05, 0.1) is 11.1 Å². The number of nitrogens with one attached hydrogen (secondary N) is 3. The molecule has 4 aromatic carbocycles. The zero-order chi connectivity index (χ0) is 26.9. The van der Waals surface area contributed by atoms with Gasteiger partial charge in [0.15, 0.2) is 11.2 Å². The predicted octanol–water partition coefficient (Wildman–Crippen LogP) is 5.33. The first-order valence-electron chi connectivity index (χ1n) is 11.9. The minimum absolute atomic E-state index is 0.0550. The summed E-state index contributed by atoms with van der Waals surface area (Å²) in [5, 5.41) is 4.57. The fraction of sp³-hybridized carbons (Fsp3) is 0.138. The zero-order valence-electron chi connectivity index (χ0n) is 20.6. The Kier molecular flexibility index (Phi) is 9.29. The lowest BCUT2D eigenvalue weighted by Gasteiger charge is -2.16. The molecule has 0 aliphatic carbocycles. The summed E-state index contributed by atoms with van der Waals surface area (Å²) >= 11 is 8.60. The molecule has 0 heterocycles. The van der Waals surface area contributed by atoms with Crippen LogP contribution in [0.4, 0.5) is 0 Å². The molecule has 9 heteroatoms. The van der Waals surface area contributed by atoms with Gasteiger partial charge in [-0.05, 0) is 81.7 Å². The molecule has 1 atom stereocenters. The number of hydrogen-bond donors (Lipinski definition) is 3. The highest BCUT2D eigenvalue weighted by atomic mass is 79.9. The standard InChI is InChI=1S/C29H26BrN3O4S/c1-19(37-24-13-11-21-9-5-6-10-22(21)17-24)27(34)32-33-29(38)31-28(35)23-12-14-26(25(30)18-23)36-16-15-20-7-3-2-4-8-20/h2-14,17-19H,15-16H2,1H3,(H,32,34)(H2,31,33,35,38). The smallest absolute Gasteiger partial charge is 0.279 e. The first-order chi connectivity index (χ1) is 18.4. The number of hydrogen-bond acceptors (Lipinski definition) is 5. The third-order valence-electron chi connectivity index (χ3n) is 5.61. The molecule has 0 saturated carbocycles. The van der Waals surface area contributed by atoms with E-state index >= 15 is 0 Å². The molecule has 7 nitrogen and oxygen atoms in total. The van der Waals surface area contributed by atoms with E-state index in [0.29, 0.717) is 28.1 Å². The topological polar surface area (TPSA) is 88.7 Å². The average Bonchev–Trinajstić information content (AvgIpc) is 2.93. The molecule has 0 fully saturated rings. The highest BCUT2D eigenvalue weighted by molar-refractivity contribution is 9.10. The lowest BCUT2D eigenvalue weighted by Crippen LogP contribution is -2.51. The van der Waals surface area contributed by atoms with Gasteiger partial charge in [-0.15, -0.1) is 0 Å². The van der Waals surface area contributed by atoms with Crippen molar-refractivity contribution in [2.45, 2.75) is 19.4 Å². The summed E-state index contributed by atoms with van der Waals surface area (Å²) in [4.78, 5) is 25.0. The Morgan fingerprint density at radius 1 is 0.895 bits per heavy atom. The van der Waals surface area contributed by atoms with Crippen LogP contribution in [0.3, 0.4) is 0 Å². The fourth-order valence-corrected chi connectivity index (χ4v) is 4.24. The third-order valence-corrected chi connectivity index (χ3v) is 6.44. The van der Waals surface area contributed by atoms with E-state index in [1.54, 1.807) is 25.1 Å². The first-order valence-corrected chi connectivity index (χ1v) is 13.1. The van der Waals surface area contributed by atoms with Crippen LogP contribution in [0.2, 0.25) is 0 Å². The molecule has 38 heavy (non-hydrogen) atoms. The second-order valence-electron chi connectivity index (χ2n) is 8.40. The highest BCUT2D eigenvalue weighted by Crippen LogP contribution is 2.26. The lowest BCUT2D eigenvalue weighted by atomic mass is 10.1. The third kappa shape index (κ3) is 7.53. The van der Waals surface area contributed by atoms with Crippen LogP contribution in [-0.2, 0) is 11.2 Å². The van der Waals surface area contributed by atoms with Gasteiger partial charge in [0, 0.05) is 12.0 Å². The second kappa shape index (κ2) is 13.0. The minimum Gasteiger partial charge on any atom is -0.492 e. The number of carbonyl (C=O) groups is 2. The molecule has 0 aromatic heterocycles. The molecule has 4 rings (SSSR count). The summed E-state index contributed by atoms with van der Waals surface area (Å²) in [6.45, 7) is 2.12. The normalized spacial score (nSPS) is 11.3. The first kappa shape index (κ1) is 27.1. The molecule has 0 saturated heterocycles. The SMILES string of the molecule is CC(Oc1ccc2ccccc2c1)C(=O)NNC(=S)NC(=O)c1ccc(OCCc2ccccc2)c(Br)c1. The zero-order valence-corrected chi connectivity index (χ0v) is 23.0. The van der Waals surface area contributed by atoms with Gasteiger partial charge < -0.3 is 9.47 Å².